The first-order valence-electron chi connectivity index (χ1n) is 9.30. The highest BCUT2D eigenvalue weighted by atomic mass is 32.1. The minimum Gasteiger partial charge on any atom is -0.365 e. The summed E-state index contributed by atoms with van der Waals surface area (Å²) in [6.45, 7) is 3.90. The van der Waals surface area contributed by atoms with Crippen molar-refractivity contribution in [3.63, 3.8) is 0 Å². The van der Waals surface area contributed by atoms with Crippen molar-refractivity contribution < 1.29 is 18.7 Å². The van der Waals surface area contributed by atoms with Gasteiger partial charge in [0, 0.05) is 13.1 Å². The highest BCUT2D eigenvalue weighted by Gasteiger charge is 2.29. The van der Waals surface area contributed by atoms with Gasteiger partial charge in [-0.15, -0.1) is 5.10 Å². The number of halogens is 1. The van der Waals surface area contributed by atoms with Gasteiger partial charge in [-0.05, 0) is 43.2 Å². The Hall–Kier alpha value is -2.43. The van der Waals surface area contributed by atoms with Crippen LogP contribution in [0.15, 0.2) is 24.3 Å². The number of likely N-dealkylation sites (N-methyl/N-ethyl adjacent to an activating group) is 1. The number of aryl methyl sites for hydroxylation is 1. The molecule has 2 amide bonds. The van der Waals surface area contributed by atoms with E-state index in [9.17, 15) is 14.0 Å². The predicted octanol–water partition coefficient (Wildman–Crippen LogP) is 0.961. The van der Waals surface area contributed by atoms with E-state index >= 15 is 0 Å². The van der Waals surface area contributed by atoms with Crippen LogP contribution < -0.4 is 5.32 Å². The molecule has 29 heavy (non-hydrogen) atoms. The first-order valence-corrected chi connectivity index (χ1v) is 10.1. The highest BCUT2D eigenvalue weighted by Crippen LogP contribution is 2.11. The van der Waals surface area contributed by atoms with Crippen molar-refractivity contribution >= 4 is 23.3 Å². The molecule has 1 unspecified atom stereocenters. The molecule has 1 aliphatic rings. The van der Waals surface area contributed by atoms with Crippen LogP contribution in [0.1, 0.15) is 16.1 Å². The molecule has 2 aromatic rings. The van der Waals surface area contributed by atoms with E-state index in [1.54, 1.807) is 17.0 Å². The summed E-state index contributed by atoms with van der Waals surface area (Å²) in [5.74, 6) is -0.611. The van der Waals surface area contributed by atoms with Crippen LogP contribution in [-0.4, -0.2) is 70.6 Å². The van der Waals surface area contributed by atoms with Crippen molar-refractivity contribution in [1.29, 1.82) is 0 Å². The van der Waals surface area contributed by atoms with Gasteiger partial charge in [0.2, 0.25) is 5.91 Å². The number of hydrogen-bond acceptors (Lipinski definition) is 7. The molecule has 0 radical (unpaired) electrons. The van der Waals surface area contributed by atoms with Crippen LogP contribution in [0.5, 0.6) is 0 Å². The molecule has 1 aromatic carbocycles. The Balaban J connectivity index is 1.47. The molecule has 1 fully saturated rings. The standard InChI is InChI=1S/C19H24FN5O3S/c1-13-17(29-23-22-13)9-21-19(27)16-11-25(7-8-28-16)18(26)12-24(2)10-14-3-5-15(20)6-4-14/h3-6,16H,7-12H2,1-2H3,(H,21,27). The van der Waals surface area contributed by atoms with Crippen molar-refractivity contribution in [3.05, 3.63) is 46.2 Å². The van der Waals surface area contributed by atoms with Crippen LogP contribution in [0.2, 0.25) is 0 Å². The second-order valence-electron chi connectivity index (χ2n) is 7.00. The summed E-state index contributed by atoms with van der Waals surface area (Å²) in [6, 6.07) is 6.21. The number of nitrogens with one attached hydrogen (secondary N) is 1. The largest absolute Gasteiger partial charge is 0.365 e. The van der Waals surface area contributed by atoms with Gasteiger partial charge in [-0.2, -0.15) is 0 Å². The quantitative estimate of drug-likeness (QED) is 0.717. The third-order valence-corrected chi connectivity index (χ3v) is 5.47. The first-order chi connectivity index (χ1) is 13.9. The molecule has 1 N–H and O–H groups in total. The number of carbonyl (C=O) groups excluding carboxylic acids is 2. The van der Waals surface area contributed by atoms with Gasteiger partial charge >= 0.3 is 0 Å². The topological polar surface area (TPSA) is 87.7 Å². The van der Waals surface area contributed by atoms with Crippen LogP contribution in [0.25, 0.3) is 0 Å². The van der Waals surface area contributed by atoms with E-state index in [0.717, 1.165) is 16.1 Å². The Morgan fingerprint density at radius 2 is 2.14 bits per heavy atom. The lowest BCUT2D eigenvalue weighted by molar-refractivity contribution is -0.147. The molecule has 1 aromatic heterocycles. The van der Waals surface area contributed by atoms with Crippen molar-refractivity contribution in [2.45, 2.75) is 26.1 Å². The summed E-state index contributed by atoms with van der Waals surface area (Å²) < 4.78 is 22.4. The summed E-state index contributed by atoms with van der Waals surface area (Å²) in [5.41, 5.74) is 1.72. The number of ether oxygens (including phenoxy) is 1. The molecule has 156 valence electrons. The fourth-order valence-corrected chi connectivity index (χ4v) is 3.59. The van der Waals surface area contributed by atoms with Gasteiger partial charge in [-0.1, -0.05) is 16.6 Å². The lowest BCUT2D eigenvalue weighted by atomic mass is 10.2. The SMILES string of the molecule is Cc1nnsc1CNC(=O)C1CN(C(=O)CN(C)Cc2ccc(F)cc2)CCO1. The Kier molecular flexibility index (Phi) is 7.24. The van der Waals surface area contributed by atoms with Gasteiger partial charge in [0.05, 0.1) is 36.8 Å². The monoisotopic (exact) mass is 421 g/mol. The van der Waals surface area contributed by atoms with Crippen molar-refractivity contribution in [2.75, 3.05) is 33.3 Å². The molecule has 8 nitrogen and oxygen atoms in total. The molecule has 1 saturated heterocycles. The third kappa shape index (κ3) is 6.02. The number of morpholine rings is 1. The van der Waals surface area contributed by atoms with E-state index in [-0.39, 0.29) is 30.7 Å². The van der Waals surface area contributed by atoms with Crippen LogP contribution >= 0.6 is 11.5 Å². The molecule has 0 aliphatic carbocycles. The van der Waals surface area contributed by atoms with Crippen LogP contribution in [0.3, 0.4) is 0 Å². The number of hydrogen-bond donors (Lipinski definition) is 1. The maximum Gasteiger partial charge on any atom is 0.251 e. The van der Waals surface area contributed by atoms with E-state index in [1.807, 2.05) is 18.9 Å². The van der Waals surface area contributed by atoms with Gasteiger partial charge < -0.3 is 15.0 Å². The van der Waals surface area contributed by atoms with Gasteiger partial charge in [0.1, 0.15) is 5.82 Å². The zero-order valence-electron chi connectivity index (χ0n) is 16.4. The van der Waals surface area contributed by atoms with E-state index < -0.39 is 6.10 Å². The minimum absolute atomic E-state index is 0.0711. The second kappa shape index (κ2) is 9.86. The molecular weight excluding hydrogens is 397 g/mol. The number of benzene rings is 1. The normalized spacial score (nSPS) is 16.8. The van der Waals surface area contributed by atoms with E-state index in [0.29, 0.717) is 26.2 Å². The molecule has 3 rings (SSSR count). The van der Waals surface area contributed by atoms with E-state index in [4.69, 9.17) is 4.74 Å². The van der Waals surface area contributed by atoms with Gasteiger partial charge in [-0.25, -0.2) is 4.39 Å². The Bertz CT molecular complexity index is 845. The molecule has 0 saturated carbocycles. The van der Waals surface area contributed by atoms with Gasteiger partial charge in [0.25, 0.3) is 5.91 Å². The third-order valence-electron chi connectivity index (χ3n) is 4.65. The zero-order chi connectivity index (χ0) is 20.8. The average molecular weight is 421 g/mol. The summed E-state index contributed by atoms with van der Waals surface area (Å²) in [5, 5.41) is 6.73. The predicted molar refractivity (Wildman–Crippen MR) is 106 cm³/mol. The van der Waals surface area contributed by atoms with Crippen molar-refractivity contribution in [3.8, 4) is 0 Å². The second-order valence-corrected chi connectivity index (χ2v) is 7.84. The Morgan fingerprint density at radius 1 is 1.38 bits per heavy atom. The summed E-state index contributed by atoms with van der Waals surface area (Å²) in [6.07, 6.45) is -0.698. The Labute approximate surface area is 172 Å². The van der Waals surface area contributed by atoms with Crippen molar-refractivity contribution in [2.24, 2.45) is 0 Å². The van der Waals surface area contributed by atoms with Crippen LogP contribution in [0, 0.1) is 12.7 Å². The van der Waals surface area contributed by atoms with Crippen molar-refractivity contribution in [1.82, 2.24) is 24.7 Å². The van der Waals surface area contributed by atoms with Gasteiger partial charge in [0.15, 0.2) is 6.10 Å². The first kappa shape index (κ1) is 21.3. The number of rotatable bonds is 7. The summed E-state index contributed by atoms with van der Waals surface area (Å²) in [7, 11) is 1.83. The maximum absolute atomic E-state index is 13.0. The summed E-state index contributed by atoms with van der Waals surface area (Å²) in [4.78, 5) is 29.4. The van der Waals surface area contributed by atoms with E-state index in [1.165, 1.54) is 23.7 Å². The molecule has 2 heterocycles. The maximum atomic E-state index is 13.0. The van der Waals surface area contributed by atoms with Crippen LogP contribution in [-0.2, 0) is 27.4 Å². The lowest BCUT2D eigenvalue weighted by Crippen LogP contribution is -2.53. The highest BCUT2D eigenvalue weighted by molar-refractivity contribution is 7.05. The smallest absolute Gasteiger partial charge is 0.251 e. The lowest BCUT2D eigenvalue weighted by Gasteiger charge is -2.33. The molecule has 0 spiro atoms. The molecule has 1 aliphatic heterocycles. The van der Waals surface area contributed by atoms with Crippen LogP contribution in [0.4, 0.5) is 4.39 Å². The zero-order valence-corrected chi connectivity index (χ0v) is 17.2. The fourth-order valence-electron chi connectivity index (χ4n) is 3.02. The number of amides is 2. The number of carbonyl (C=O) groups is 2. The number of nitrogens with zero attached hydrogens (tertiary/aromatic N) is 4. The molecule has 0 bridgehead atoms. The molecule has 1 atom stereocenters. The fraction of sp³-hybridized carbons (Fsp3) is 0.474. The summed E-state index contributed by atoms with van der Waals surface area (Å²) >= 11 is 1.24. The Morgan fingerprint density at radius 3 is 2.83 bits per heavy atom. The molecule has 10 heteroatoms. The van der Waals surface area contributed by atoms with E-state index in [2.05, 4.69) is 14.9 Å². The molecular formula is C19H24FN5O3S. The minimum atomic E-state index is -0.698. The average Bonchev–Trinajstić information content (AvgIpc) is 3.12. The van der Waals surface area contributed by atoms with Gasteiger partial charge in [-0.3, -0.25) is 14.5 Å². The number of aromatic nitrogens is 2.